The van der Waals surface area contributed by atoms with Crippen molar-refractivity contribution in [2.45, 2.75) is 6.42 Å². The smallest absolute Gasteiger partial charge is 0.0503 e. The Balaban J connectivity index is 2.08. The van der Waals surface area contributed by atoms with E-state index in [1.54, 1.807) is 7.11 Å². The van der Waals surface area contributed by atoms with Crippen molar-refractivity contribution in [3.8, 4) is 0 Å². The van der Waals surface area contributed by atoms with Crippen molar-refractivity contribution in [3.63, 3.8) is 0 Å². The van der Waals surface area contributed by atoms with Gasteiger partial charge in [0.25, 0.3) is 0 Å². The van der Waals surface area contributed by atoms with E-state index in [1.807, 2.05) is 0 Å². The molecule has 0 aromatic carbocycles. The van der Waals surface area contributed by atoms with Gasteiger partial charge in [-0.05, 0) is 12.3 Å². The monoisotopic (exact) mass is 129 g/mol. The highest BCUT2D eigenvalue weighted by molar-refractivity contribution is 4.65. The Bertz CT molecular complexity index is 68.7. The molecule has 0 spiro atoms. The van der Waals surface area contributed by atoms with Crippen molar-refractivity contribution >= 4 is 0 Å². The lowest BCUT2D eigenvalue weighted by molar-refractivity contribution is 0.132. The van der Waals surface area contributed by atoms with Gasteiger partial charge in [0.1, 0.15) is 0 Å². The summed E-state index contributed by atoms with van der Waals surface area (Å²) >= 11 is 0. The number of nitrogens with zero attached hydrogens (tertiary/aromatic N) is 1. The average molecular weight is 129 g/mol. The fraction of sp³-hybridized carbons (Fsp3) is 1.00. The van der Waals surface area contributed by atoms with E-state index in [0.29, 0.717) is 5.92 Å². The number of ether oxygens (including phenoxy) is 1. The van der Waals surface area contributed by atoms with Gasteiger partial charge in [0.2, 0.25) is 0 Å². The third-order valence-corrected chi connectivity index (χ3v) is 1.54. The van der Waals surface area contributed by atoms with Crippen molar-refractivity contribution < 1.29 is 4.74 Å². The summed E-state index contributed by atoms with van der Waals surface area (Å²) in [4.78, 5) is 0. The summed E-state index contributed by atoms with van der Waals surface area (Å²) in [5.74, 6) is 0.674. The van der Waals surface area contributed by atoms with Crippen molar-refractivity contribution in [3.05, 3.63) is 0 Å². The van der Waals surface area contributed by atoms with Gasteiger partial charge in [0.15, 0.2) is 0 Å². The molecule has 1 aliphatic rings. The van der Waals surface area contributed by atoms with Crippen molar-refractivity contribution in [1.29, 1.82) is 0 Å². The molecule has 0 aromatic rings. The number of nitrogens with one attached hydrogen (secondary N) is 1. The van der Waals surface area contributed by atoms with Crippen molar-refractivity contribution in [2.24, 2.45) is 5.92 Å². The highest BCUT2D eigenvalue weighted by Gasteiger charge is 2.11. The molecular formula is C6H13N2O. The molecule has 0 aliphatic carbocycles. The topological polar surface area (TPSA) is 35.4 Å². The van der Waals surface area contributed by atoms with Gasteiger partial charge in [-0.2, -0.15) is 5.43 Å². The van der Waals surface area contributed by atoms with Gasteiger partial charge < -0.3 is 4.74 Å². The molecule has 1 saturated heterocycles. The quantitative estimate of drug-likeness (QED) is 0.558. The van der Waals surface area contributed by atoms with Crippen LogP contribution >= 0.6 is 0 Å². The van der Waals surface area contributed by atoms with Crippen LogP contribution in [-0.4, -0.2) is 26.8 Å². The molecule has 1 aliphatic heterocycles. The van der Waals surface area contributed by atoms with E-state index in [9.17, 15) is 0 Å². The van der Waals surface area contributed by atoms with E-state index in [0.717, 1.165) is 19.7 Å². The van der Waals surface area contributed by atoms with Gasteiger partial charge in [-0.1, -0.05) is 0 Å². The first kappa shape index (κ1) is 6.99. The first-order valence-corrected chi connectivity index (χ1v) is 3.32. The predicted octanol–water partition coefficient (Wildman–Crippen LogP) is -0.238. The highest BCUT2D eigenvalue weighted by atomic mass is 16.5. The number of hydrogen-bond acceptors (Lipinski definition) is 2. The predicted molar refractivity (Wildman–Crippen MR) is 35.0 cm³/mol. The zero-order valence-electron chi connectivity index (χ0n) is 5.76. The largest absolute Gasteiger partial charge is 0.384 e. The van der Waals surface area contributed by atoms with Crippen LogP contribution in [0.1, 0.15) is 6.42 Å². The molecule has 1 unspecified atom stereocenters. The lowest BCUT2D eigenvalue weighted by atomic mass is 10.1. The summed E-state index contributed by atoms with van der Waals surface area (Å²) in [5.41, 5.74) is 6.97. The van der Waals surface area contributed by atoms with Crippen LogP contribution in [0.4, 0.5) is 0 Å². The second-order valence-electron chi connectivity index (χ2n) is 2.35. The van der Waals surface area contributed by atoms with Crippen LogP contribution in [-0.2, 0) is 4.74 Å². The van der Waals surface area contributed by atoms with Crippen LogP contribution in [0.5, 0.6) is 0 Å². The van der Waals surface area contributed by atoms with Crippen LogP contribution in [0.15, 0.2) is 0 Å². The molecule has 53 valence electrons. The molecule has 1 rings (SSSR count). The molecule has 1 heterocycles. The minimum Gasteiger partial charge on any atom is -0.384 e. The zero-order valence-corrected chi connectivity index (χ0v) is 5.76. The van der Waals surface area contributed by atoms with E-state index in [2.05, 4.69) is 10.9 Å². The maximum absolute atomic E-state index is 5.00. The minimum absolute atomic E-state index is 0.674. The van der Waals surface area contributed by atoms with Crippen LogP contribution in [0.2, 0.25) is 0 Å². The first-order chi connectivity index (χ1) is 4.43. The second kappa shape index (κ2) is 3.82. The standard InChI is InChI=1S/C6H13N2O/c1-9-5-6-2-3-7-8-4-6/h6,8H,2-5H2,1H3. The van der Waals surface area contributed by atoms with Gasteiger partial charge >= 0.3 is 0 Å². The van der Waals surface area contributed by atoms with Gasteiger partial charge in [-0.3, -0.25) is 0 Å². The third-order valence-electron chi connectivity index (χ3n) is 1.54. The molecule has 1 N–H and O–H groups in total. The molecule has 1 radical (unpaired) electrons. The van der Waals surface area contributed by atoms with Gasteiger partial charge in [-0.25, -0.2) is 5.43 Å². The van der Waals surface area contributed by atoms with Crippen LogP contribution in [0, 0.1) is 5.92 Å². The SMILES string of the molecule is COCC1CC[N]NC1. The van der Waals surface area contributed by atoms with E-state index in [4.69, 9.17) is 4.74 Å². The molecule has 1 fully saturated rings. The maximum atomic E-state index is 5.00. The lowest BCUT2D eigenvalue weighted by Crippen LogP contribution is -2.39. The molecule has 1 atom stereocenters. The Labute approximate surface area is 55.7 Å². The van der Waals surface area contributed by atoms with Crippen LogP contribution < -0.4 is 10.9 Å². The summed E-state index contributed by atoms with van der Waals surface area (Å²) < 4.78 is 5.00. The summed E-state index contributed by atoms with van der Waals surface area (Å²) in [6, 6.07) is 0. The van der Waals surface area contributed by atoms with E-state index in [-0.39, 0.29) is 0 Å². The van der Waals surface area contributed by atoms with Crippen molar-refractivity contribution in [2.75, 3.05) is 26.8 Å². The van der Waals surface area contributed by atoms with Gasteiger partial charge in [-0.15, -0.1) is 0 Å². The molecule has 3 heteroatoms. The van der Waals surface area contributed by atoms with Crippen LogP contribution in [0.3, 0.4) is 0 Å². The summed E-state index contributed by atoms with van der Waals surface area (Å²) in [6.07, 6.45) is 1.17. The zero-order chi connectivity index (χ0) is 6.53. The minimum atomic E-state index is 0.674. The maximum Gasteiger partial charge on any atom is 0.0503 e. The molecule has 9 heavy (non-hydrogen) atoms. The molecule has 3 nitrogen and oxygen atoms in total. The molecular weight excluding hydrogens is 116 g/mol. The summed E-state index contributed by atoms with van der Waals surface area (Å²) in [5, 5.41) is 0. The summed E-state index contributed by atoms with van der Waals surface area (Å²) in [7, 11) is 1.74. The van der Waals surface area contributed by atoms with E-state index in [1.165, 1.54) is 6.42 Å². The van der Waals surface area contributed by atoms with Gasteiger partial charge in [0, 0.05) is 20.2 Å². The van der Waals surface area contributed by atoms with Crippen LogP contribution in [0.25, 0.3) is 0 Å². The Morgan fingerprint density at radius 2 is 2.67 bits per heavy atom. The van der Waals surface area contributed by atoms with Crippen molar-refractivity contribution in [1.82, 2.24) is 10.9 Å². The second-order valence-corrected chi connectivity index (χ2v) is 2.35. The van der Waals surface area contributed by atoms with E-state index < -0.39 is 0 Å². The Morgan fingerprint density at radius 1 is 1.78 bits per heavy atom. The fourth-order valence-corrected chi connectivity index (χ4v) is 1.000. The molecule has 0 bridgehead atoms. The lowest BCUT2D eigenvalue weighted by Gasteiger charge is -2.20. The fourth-order valence-electron chi connectivity index (χ4n) is 1.000. The average Bonchev–Trinajstić information content (AvgIpc) is 1.91. The Kier molecular flexibility index (Phi) is 2.97. The number of methoxy groups -OCH3 is 1. The van der Waals surface area contributed by atoms with Gasteiger partial charge in [0.05, 0.1) is 6.61 Å². The molecule has 0 amide bonds. The number of rotatable bonds is 2. The molecule has 0 aromatic heterocycles. The normalized spacial score (nSPS) is 28.3. The Morgan fingerprint density at radius 3 is 3.22 bits per heavy atom. The number of hydrogen-bond donors (Lipinski definition) is 1. The summed E-state index contributed by atoms with van der Waals surface area (Å²) in [6.45, 7) is 2.78. The Hall–Kier alpha value is -0.120. The third kappa shape index (κ3) is 2.30. The first-order valence-electron chi connectivity index (χ1n) is 3.32. The van der Waals surface area contributed by atoms with E-state index >= 15 is 0 Å². The molecule has 0 saturated carbocycles. The highest BCUT2D eigenvalue weighted by Crippen LogP contribution is 2.03.